The van der Waals surface area contributed by atoms with Gasteiger partial charge in [0.25, 0.3) is 5.91 Å². The Kier molecular flexibility index (Phi) is 8.16. The second-order valence-electron chi connectivity index (χ2n) is 8.09. The molecule has 1 aliphatic heterocycles. The summed E-state index contributed by atoms with van der Waals surface area (Å²) in [4.78, 5) is 26.9. The van der Waals surface area contributed by atoms with Crippen LogP contribution in [0, 0.1) is 18.3 Å². The van der Waals surface area contributed by atoms with Gasteiger partial charge in [-0.05, 0) is 55.1 Å². The number of carbonyl (C=O) groups is 2. The second kappa shape index (κ2) is 11.5. The van der Waals surface area contributed by atoms with Gasteiger partial charge in [0.05, 0.1) is 28.3 Å². The Bertz CT molecular complexity index is 1390. The summed E-state index contributed by atoms with van der Waals surface area (Å²) in [5.41, 5.74) is 3.71. The van der Waals surface area contributed by atoms with Gasteiger partial charge < -0.3 is 16.0 Å². The van der Waals surface area contributed by atoms with Crippen molar-refractivity contribution in [1.29, 1.82) is 5.26 Å². The van der Waals surface area contributed by atoms with E-state index in [1.54, 1.807) is 12.1 Å². The minimum atomic E-state index is -0.540. The molecule has 0 unspecified atom stereocenters. The first-order valence-electron chi connectivity index (χ1n) is 11.1. The fraction of sp³-hybridized carbons (Fsp3) is 0.148. The smallest absolute Gasteiger partial charge is 0.254 e. The van der Waals surface area contributed by atoms with Crippen molar-refractivity contribution in [2.45, 2.75) is 19.8 Å². The highest BCUT2D eigenvalue weighted by molar-refractivity contribution is 8.03. The molecule has 2 amide bonds. The predicted octanol–water partition coefficient (Wildman–Crippen LogP) is 6.42. The van der Waals surface area contributed by atoms with Gasteiger partial charge in [-0.2, -0.15) is 5.26 Å². The molecule has 0 aliphatic carbocycles. The highest BCUT2D eigenvalue weighted by atomic mass is 35.5. The molecule has 9 heteroatoms. The quantitative estimate of drug-likeness (QED) is 0.325. The second-order valence-corrected chi connectivity index (χ2v) is 10.5. The van der Waals surface area contributed by atoms with Gasteiger partial charge >= 0.3 is 0 Å². The lowest BCUT2D eigenvalue weighted by molar-refractivity contribution is -0.114. The summed E-state index contributed by atoms with van der Waals surface area (Å²) < 4.78 is 0. The average molecular weight is 535 g/mol. The van der Waals surface area contributed by atoms with Gasteiger partial charge in [-0.15, -0.1) is 11.3 Å². The van der Waals surface area contributed by atoms with Crippen LogP contribution in [-0.2, 0) is 9.59 Å². The van der Waals surface area contributed by atoms with E-state index in [1.807, 2.05) is 67.8 Å². The average Bonchev–Trinajstić information content (AvgIpc) is 3.40. The number of nitrogens with zero attached hydrogens (tertiary/aromatic N) is 1. The minimum Gasteiger partial charge on any atom is -0.353 e. The number of anilines is 2. The number of halogens is 1. The van der Waals surface area contributed by atoms with Crippen LogP contribution in [0.15, 0.2) is 87.9 Å². The lowest BCUT2D eigenvalue weighted by Crippen LogP contribution is -2.30. The zero-order valence-electron chi connectivity index (χ0n) is 19.6. The van der Waals surface area contributed by atoms with Gasteiger partial charge in [-0.25, -0.2) is 0 Å². The molecular weight excluding hydrogens is 512 g/mol. The van der Waals surface area contributed by atoms with Gasteiger partial charge in [-0.3, -0.25) is 9.59 Å². The number of aryl methyl sites for hydroxylation is 1. The fourth-order valence-electron chi connectivity index (χ4n) is 3.79. The molecule has 2 heterocycles. The van der Waals surface area contributed by atoms with E-state index in [0.29, 0.717) is 38.3 Å². The van der Waals surface area contributed by atoms with Crippen molar-refractivity contribution >= 4 is 57.9 Å². The van der Waals surface area contributed by atoms with Crippen LogP contribution in [0.1, 0.15) is 23.3 Å². The highest BCUT2D eigenvalue weighted by Gasteiger charge is 2.35. The maximum absolute atomic E-state index is 13.4. The maximum Gasteiger partial charge on any atom is 0.254 e. The van der Waals surface area contributed by atoms with E-state index in [2.05, 4.69) is 22.0 Å². The molecule has 1 atom stereocenters. The number of allylic oxidation sites excluding steroid dienone is 2. The third-order valence-electron chi connectivity index (χ3n) is 5.55. The lowest BCUT2D eigenvalue weighted by Gasteiger charge is -2.29. The van der Waals surface area contributed by atoms with Gasteiger partial charge in [0.15, 0.2) is 0 Å². The molecule has 2 aromatic carbocycles. The van der Waals surface area contributed by atoms with Crippen LogP contribution >= 0.6 is 34.7 Å². The first-order chi connectivity index (χ1) is 17.4. The number of nitriles is 1. The van der Waals surface area contributed by atoms with Crippen LogP contribution in [-0.4, -0.2) is 17.6 Å². The third-order valence-corrected chi connectivity index (χ3v) is 7.92. The number of carbonyl (C=O) groups excluding carboxylic acids is 2. The van der Waals surface area contributed by atoms with E-state index in [-0.39, 0.29) is 17.6 Å². The van der Waals surface area contributed by atoms with E-state index in [1.165, 1.54) is 23.1 Å². The first-order valence-corrected chi connectivity index (χ1v) is 13.3. The molecule has 0 spiro atoms. The van der Waals surface area contributed by atoms with E-state index in [9.17, 15) is 14.9 Å². The Morgan fingerprint density at radius 3 is 2.53 bits per heavy atom. The standard InChI is InChI=1S/C27H23ClN4O2S2/c1-16-10-11-19(13-21(16)28)31-23(33)15-36-27-20(14-29)25(22-9-6-12-35-22)24(17(2)30-27)26(34)32-18-7-4-3-5-8-18/h3-13,25,30H,15H2,1-2H3,(H,31,33)(H,32,34)/t25-/m0/s1. The van der Waals surface area contributed by atoms with Crippen molar-refractivity contribution in [2.24, 2.45) is 0 Å². The summed E-state index contributed by atoms with van der Waals surface area (Å²) in [5, 5.41) is 22.2. The predicted molar refractivity (Wildman–Crippen MR) is 148 cm³/mol. The van der Waals surface area contributed by atoms with E-state index < -0.39 is 5.92 Å². The lowest BCUT2D eigenvalue weighted by atomic mass is 9.86. The Morgan fingerprint density at radius 1 is 1.08 bits per heavy atom. The van der Waals surface area contributed by atoms with Crippen LogP contribution in [0.25, 0.3) is 0 Å². The van der Waals surface area contributed by atoms with E-state index >= 15 is 0 Å². The fourth-order valence-corrected chi connectivity index (χ4v) is 5.71. The summed E-state index contributed by atoms with van der Waals surface area (Å²) in [6.07, 6.45) is 0. The van der Waals surface area contributed by atoms with Gasteiger partial charge in [0.1, 0.15) is 0 Å². The summed E-state index contributed by atoms with van der Waals surface area (Å²) in [6, 6.07) is 20.6. The van der Waals surface area contributed by atoms with Crippen LogP contribution in [0.5, 0.6) is 0 Å². The Morgan fingerprint density at radius 2 is 1.86 bits per heavy atom. The number of thioether (sulfide) groups is 1. The van der Waals surface area contributed by atoms with E-state index in [0.717, 1.165) is 10.4 Å². The largest absolute Gasteiger partial charge is 0.353 e. The summed E-state index contributed by atoms with van der Waals surface area (Å²) in [5.74, 6) is -0.972. The van der Waals surface area contributed by atoms with Crippen LogP contribution in [0.2, 0.25) is 5.02 Å². The van der Waals surface area contributed by atoms with Crippen LogP contribution in [0.3, 0.4) is 0 Å². The number of thiophene rings is 1. The van der Waals surface area contributed by atoms with Crippen molar-refractivity contribution in [3.05, 3.63) is 103 Å². The van der Waals surface area contributed by atoms with Crippen LogP contribution < -0.4 is 16.0 Å². The minimum absolute atomic E-state index is 0.0784. The maximum atomic E-state index is 13.4. The summed E-state index contributed by atoms with van der Waals surface area (Å²) in [7, 11) is 0. The number of nitrogens with one attached hydrogen (secondary N) is 3. The molecule has 6 nitrogen and oxygen atoms in total. The van der Waals surface area contributed by atoms with Crippen molar-refractivity contribution in [2.75, 3.05) is 16.4 Å². The number of benzene rings is 2. The summed E-state index contributed by atoms with van der Waals surface area (Å²) >= 11 is 8.87. The molecule has 0 saturated carbocycles. The molecule has 0 fully saturated rings. The molecule has 3 N–H and O–H groups in total. The van der Waals surface area contributed by atoms with Crippen LogP contribution in [0.4, 0.5) is 11.4 Å². The topological polar surface area (TPSA) is 94.0 Å². The molecule has 182 valence electrons. The third kappa shape index (κ3) is 5.82. The number of hydrogen-bond donors (Lipinski definition) is 3. The van der Waals surface area contributed by atoms with E-state index in [4.69, 9.17) is 11.6 Å². The van der Waals surface area contributed by atoms with Gasteiger partial charge in [0.2, 0.25) is 5.91 Å². The molecule has 4 rings (SSSR count). The van der Waals surface area contributed by atoms with Crippen molar-refractivity contribution < 1.29 is 9.59 Å². The number of hydrogen-bond acceptors (Lipinski definition) is 6. The number of dihydropyridines is 1. The zero-order valence-corrected chi connectivity index (χ0v) is 22.0. The normalized spacial score (nSPS) is 15.2. The molecule has 36 heavy (non-hydrogen) atoms. The van der Waals surface area contributed by atoms with Crippen molar-refractivity contribution in [3.63, 3.8) is 0 Å². The number of para-hydroxylation sites is 1. The van der Waals surface area contributed by atoms with Gasteiger partial charge in [-0.1, -0.05) is 53.7 Å². The molecule has 3 aromatic rings. The van der Waals surface area contributed by atoms with Crippen molar-refractivity contribution in [3.8, 4) is 6.07 Å². The zero-order chi connectivity index (χ0) is 25.7. The number of rotatable bonds is 7. The number of amides is 2. The van der Waals surface area contributed by atoms with Gasteiger partial charge in [0, 0.05) is 32.5 Å². The Labute approximate surface area is 223 Å². The first kappa shape index (κ1) is 25.6. The van der Waals surface area contributed by atoms with Crippen molar-refractivity contribution in [1.82, 2.24) is 5.32 Å². The molecule has 1 aliphatic rings. The Balaban J connectivity index is 1.57. The highest BCUT2D eigenvalue weighted by Crippen LogP contribution is 2.42. The molecule has 0 bridgehead atoms. The summed E-state index contributed by atoms with van der Waals surface area (Å²) in [6.45, 7) is 3.70. The molecule has 0 radical (unpaired) electrons. The Hall–Kier alpha value is -3.51. The SMILES string of the molecule is CC1=C(C(=O)Nc2ccccc2)[C@H](c2cccs2)C(C#N)=C(SCC(=O)Nc2ccc(C)c(Cl)c2)N1. The molecule has 0 saturated heterocycles. The molecular formula is C27H23ClN4O2S2. The monoisotopic (exact) mass is 534 g/mol. The molecule has 1 aromatic heterocycles.